The summed E-state index contributed by atoms with van der Waals surface area (Å²) in [5.74, 6) is -0.359. The van der Waals surface area contributed by atoms with Gasteiger partial charge in [0, 0.05) is 18.1 Å². The number of carbonyl (C=O) groups is 1. The van der Waals surface area contributed by atoms with Crippen LogP contribution in [0, 0.1) is 0 Å². The molecule has 0 aromatic heterocycles. The van der Waals surface area contributed by atoms with Crippen molar-refractivity contribution in [3.05, 3.63) is 64.1 Å². The molecule has 0 fully saturated rings. The topological polar surface area (TPSA) is 84.5 Å². The summed E-state index contributed by atoms with van der Waals surface area (Å²) < 4.78 is 32.4. The molecule has 0 heterocycles. The van der Waals surface area contributed by atoms with Crippen molar-refractivity contribution >= 4 is 31.9 Å². The van der Waals surface area contributed by atoms with Gasteiger partial charge in [0.1, 0.15) is 0 Å². The molecule has 8 heteroatoms. The lowest BCUT2D eigenvalue weighted by Crippen LogP contribution is -2.29. The molecule has 1 atom stereocenters. The fraction of sp³-hybridized carbons (Fsp3) is 0.278. The van der Waals surface area contributed by atoms with Crippen LogP contribution in [0.25, 0.3) is 0 Å². The summed E-state index contributed by atoms with van der Waals surface area (Å²) in [5, 5.41) is 2.88. The zero-order chi connectivity index (χ0) is 19.2. The molecule has 2 aromatic carbocycles. The number of rotatable bonds is 8. The first kappa shape index (κ1) is 20.6. The number of nitrogens with one attached hydrogen (secondary N) is 2. The average molecular weight is 441 g/mol. The monoisotopic (exact) mass is 440 g/mol. The zero-order valence-corrected chi connectivity index (χ0v) is 16.9. The van der Waals surface area contributed by atoms with Gasteiger partial charge in [0.15, 0.2) is 0 Å². The van der Waals surface area contributed by atoms with Crippen LogP contribution < -0.4 is 10.0 Å². The Labute approximate surface area is 162 Å². The van der Waals surface area contributed by atoms with E-state index >= 15 is 0 Å². The maximum atomic E-state index is 12.6. The molecule has 0 saturated carbocycles. The first-order valence-corrected chi connectivity index (χ1v) is 10.3. The maximum Gasteiger partial charge on any atom is 0.252 e. The summed E-state index contributed by atoms with van der Waals surface area (Å²) in [6, 6.07) is 13.7. The van der Waals surface area contributed by atoms with Crippen molar-refractivity contribution in [3.63, 3.8) is 0 Å². The molecule has 0 aliphatic carbocycles. The molecule has 140 valence electrons. The molecule has 0 aliphatic rings. The Morgan fingerprint density at radius 1 is 1.19 bits per heavy atom. The van der Waals surface area contributed by atoms with Crippen molar-refractivity contribution < 1.29 is 17.9 Å². The van der Waals surface area contributed by atoms with Gasteiger partial charge in [-0.2, -0.15) is 0 Å². The maximum absolute atomic E-state index is 12.6. The number of carbonyl (C=O) groups excluding carboxylic acids is 1. The smallest absolute Gasteiger partial charge is 0.252 e. The second kappa shape index (κ2) is 9.27. The second-order valence-electron chi connectivity index (χ2n) is 5.64. The number of halogens is 1. The molecule has 2 N–H and O–H groups in total. The number of amides is 1. The molecular formula is C18H21BrN2O4S. The van der Waals surface area contributed by atoms with Crippen molar-refractivity contribution in [2.24, 2.45) is 0 Å². The minimum Gasteiger partial charge on any atom is -0.383 e. The SMILES string of the molecule is COCCNS(=O)(=O)c1ccc(Br)c(C(=O)N[C@H](C)c2ccccc2)c1. The van der Waals surface area contributed by atoms with E-state index in [-0.39, 0.29) is 35.6 Å². The number of hydrogen-bond acceptors (Lipinski definition) is 4. The van der Waals surface area contributed by atoms with E-state index in [1.54, 1.807) is 6.07 Å². The third-order valence-corrected chi connectivity index (χ3v) is 5.89. The lowest BCUT2D eigenvalue weighted by Gasteiger charge is -2.15. The molecule has 2 aromatic rings. The van der Waals surface area contributed by atoms with E-state index in [2.05, 4.69) is 26.0 Å². The Kier molecular flexibility index (Phi) is 7.33. The van der Waals surface area contributed by atoms with Gasteiger partial charge in [-0.1, -0.05) is 30.3 Å². The van der Waals surface area contributed by atoms with E-state index in [4.69, 9.17) is 4.74 Å². The first-order chi connectivity index (χ1) is 12.3. The molecule has 0 unspecified atom stereocenters. The van der Waals surface area contributed by atoms with Crippen molar-refractivity contribution in [3.8, 4) is 0 Å². The van der Waals surface area contributed by atoms with Crippen molar-refractivity contribution in [1.29, 1.82) is 0 Å². The van der Waals surface area contributed by atoms with E-state index in [0.717, 1.165) is 5.56 Å². The number of methoxy groups -OCH3 is 1. The van der Waals surface area contributed by atoms with Crippen molar-refractivity contribution in [2.45, 2.75) is 17.9 Å². The molecule has 1 amide bonds. The Morgan fingerprint density at radius 2 is 1.88 bits per heavy atom. The Morgan fingerprint density at radius 3 is 2.54 bits per heavy atom. The summed E-state index contributed by atoms with van der Waals surface area (Å²) in [7, 11) is -2.23. The normalized spacial score (nSPS) is 12.6. The summed E-state index contributed by atoms with van der Waals surface area (Å²) in [4.78, 5) is 12.6. The highest BCUT2D eigenvalue weighted by Gasteiger charge is 2.19. The zero-order valence-electron chi connectivity index (χ0n) is 14.5. The van der Waals surface area contributed by atoms with Gasteiger partial charge in [0.2, 0.25) is 10.0 Å². The minimum absolute atomic E-state index is 0.0225. The lowest BCUT2D eigenvalue weighted by atomic mass is 10.1. The van der Waals surface area contributed by atoms with E-state index in [0.29, 0.717) is 4.47 Å². The number of sulfonamides is 1. The van der Waals surface area contributed by atoms with Crippen LogP contribution in [0.1, 0.15) is 28.9 Å². The van der Waals surface area contributed by atoms with Crippen molar-refractivity contribution in [2.75, 3.05) is 20.3 Å². The fourth-order valence-corrected chi connectivity index (χ4v) is 3.77. The van der Waals surface area contributed by atoms with Crippen LogP contribution in [0.4, 0.5) is 0 Å². The van der Waals surface area contributed by atoms with Crippen LogP contribution in [-0.2, 0) is 14.8 Å². The predicted molar refractivity (Wildman–Crippen MR) is 104 cm³/mol. The third kappa shape index (κ3) is 5.38. The molecule has 2 rings (SSSR count). The highest BCUT2D eigenvalue weighted by atomic mass is 79.9. The summed E-state index contributed by atoms with van der Waals surface area (Å²) in [5.41, 5.74) is 1.21. The molecule has 6 nitrogen and oxygen atoms in total. The van der Waals surface area contributed by atoms with Crippen molar-refractivity contribution in [1.82, 2.24) is 10.0 Å². The van der Waals surface area contributed by atoms with E-state index < -0.39 is 10.0 Å². The van der Waals surface area contributed by atoms with Gasteiger partial charge in [-0.25, -0.2) is 13.1 Å². The average Bonchev–Trinajstić information content (AvgIpc) is 2.62. The molecule has 0 radical (unpaired) electrons. The molecular weight excluding hydrogens is 420 g/mol. The highest BCUT2D eigenvalue weighted by molar-refractivity contribution is 9.10. The quantitative estimate of drug-likeness (QED) is 0.618. The predicted octanol–water partition coefficient (Wildman–Crippen LogP) is 2.86. The second-order valence-corrected chi connectivity index (χ2v) is 8.26. The van der Waals surface area contributed by atoms with E-state index in [1.165, 1.54) is 19.2 Å². The third-order valence-electron chi connectivity index (χ3n) is 3.74. The van der Waals surface area contributed by atoms with Gasteiger partial charge >= 0.3 is 0 Å². The highest BCUT2D eigenvalue weighted by Crippen LogP contribution is 2.22. The van der Waals surface area contributed by atoms with E-state index in [9.17, 15) is 13.2 Å². The van der Waals surface area contributed by atoms with Gasteiger partial charge < -0.3 is 10.1 Å². The minimum atomic E-state index is -3.72. The fourth-order valence-electron chi connectivity index (χ4n) is 2.31. The van der Waals surface area contributed by atoms with Gasteiger partial charge in [0.25, 0.3) is 5.91 Å². The molecule has 0 spiro atoms. The molecule has 0 aliphatic heterocycles. The Balaban J connectivity index is 2.19. The van der Waals surface area contributed by atoms with Crippen LogP contribution >= 0.6 is 15.9 Å². The summed E-state index contributed by atoms with van der Waals surface area (Å²) >= 11 is 3.31. The number of benzene rings is 2. The number of hydrogen-bond donors (Lipinski definition) is 2. The molecule has 0 saturated heterocycles. The largest absolute Gasteiger partial charge is 0.383 e. The Bertz CT molecular complexity index is 857. The Hall–Kier alpha value is -1.74. The van der Waals surface area contributed by atoms with Gasteiger partial charge in [-0.15, -0.1) is 0 Å². The van der Waals surface area contributed by atoms with Crippen LogP contribution in [-0.4, -0.2) is 34.6 Å². The van der Waals surface area contributed by atoms with Crippen LogP contribution in [0.3, 0.4) is 0 Å². The van der Waals surface area contributed by atoms with E-state index in [1.807, 2.05) is 37.3 Å². The van der Waals surface area contributed by atoms with Gasteiger partial charge in [0.05, 0.1) is 23.1 Å². The van der Waals surface area contributed by atoms with Gasteiger partial charge in [-0.3, -0.25) is 4.79 Å². The first-order valence-electron chi connectivity index (χ1n) is 7.99. The van der Waals surface area contributed by atoms with Crippen LogP contribution in [0.2, 0.25) is 0 Å². The standard InChI is InChI=1S/C18H21BrN2O4S/c1-13(14-6-4-3-5-7-14)21-18(22)16-12-15(8-9-17(16)19)26(23,24)20-10-11-25-2/h3-9,12-13,20H,10-11H2,1-2H3,(H,21,22)/t13-/m1/s1. The van der Waals surface area contributed by atoms with Crippen LogP contribution in [0.15, 0.2) is 57.9 Å². The van der Waals surface area contributed by atoms with Crippen LogP contribution in [0.5, 0.6) is 0 Å². The lowest BCUT2D eigenvalue weighted by molar-refractivity contribution is 0.0939. The number of ether oxygens (including phenoxy) is 1. The summed E-state index contributed by atoms with van der Waals surface area (Å²) in [6.45, 7) is 2.28. The molecule has 0 bridgehead atoms. The summed E-state index contributed by atoms with van der Waals surface area (Å²) in [6.07, 6.45) is 0. The molecule has 26 heavy (non-hydrogen) atoms. The van der Waals surface area contributed by atoms with Gasteiger partial charge in [-0.05, 0) is 46.6 Å².